The normalized spacial score (nSPS) is 17.7. The van der Waals surface area contributed by atoms with Crippen LogP contribution in [0.1, 0.15) is 44.6 Å². The molecular formula is C17H28N2O2S. The van der Waals surface area contributed by atoms with Crippen molar-refractivity contribution in [2.75, 3.05) is 19.6 Å². The molecule has 1 atom stereocenters. The summed E-state index contributed by atoms with van der Waals surface area (Å²) in [7, 11) is -3.42. The number of rotatable bonds is 8. The molecule has 1 aliphatic heterocycles. The van der Waals surface area contributed by atoms with Crippen LogP contribution in [-0.2, 0) is 10.0 Å². The van der Waals surface area contributed by atoms with Gasteiger partial charge in [0.15, 0.2) is 0 Å². The van der Waals surface area contributed by atoms with Crippen LogP contribution in [0.25, 0.3) is 0 Å². The Morgan fingerprint density at radius 3 is 2.41 bits per heavy atom. The lowest BCUT2D eigenvalue weighted by Gasteiger charge is -2.24. The van der Waals surface area contributed by atoms with E-state index in [1.807, 2.05) is 19.1 Å². The highest BCUT2D eigenvalue weighted by molar-refractivity contribution is 7.89. The van der Waals surface area contributed by atoms with E-state index in [4.69, 9.17) is 0 Å². The number of unbranched alkanes of at least 4 members (excludes halogenated alkanes) is 1. The van der Waals surface area contributed by atoms with Gasteiger partial charge in [-0.05, 0) is 51.4 Å². The average Bonchev–Trinajstić information content (AvgIpc) is 2.98. The second-order valence-corrected chi connectivity index (χ2v) is 8.00. The van der Waals surface area contributed by atoms with Gasteiger partial charge in [0.05, 0.1) is 4.90 Å². The second-order valence-electron chi connectivity index (χ2n) is 6.28. The number of nitrogens with one attached hydrogen (secondary N) is 1. The first-order valence-corrected chi connectivity index (χ1v) is 9.81. The zero-order valence-electron chi connectivity index (χ0n) is 13.7. The van der Waals surface area contributed by atoms with Gasteiger partial charge in [0.25, 0.3) is 0 Å². The maximum absolute atomic E-state index is 12.6. The van der Waals surface area contributed by atoms with Crippen molar-refractivity contribution in [3.05, 3.63) is 29.8 Å². The van der Waals surface area contributed by atoms with Gasteiger partial charge in [-0.25, -0.2) is 13.1 Å². The third-order valence-corrected chi connectivity index (χ3v) is 5.77. The van der Waals surface area contributed by atoms with Crippen molar-refractivity contribution >= 4 is 10.0 Å². The number of likely N-dealkylation sites (tertiary alicyclic amines) is 1. The molecule has 1 aromatic carbocycles. The Labute approximate surface area is 135 Å². The predicted molar refractivity (Wildman–Crippen MR) is 90.5 cm³/mol. The predicted octanol–water partition coefficient (Wildman–Crippen LogP) is 2.93. The average molecular weight is 324 g/mol. The summed E-state index contributed by atoms with van der Waals surface area (Å²) in [5.74, 6) is 0. The van der Waals surface area contributed by atoms with Gasteiger partial charge in [-0.1, -0.05) is 37.5 Å². The molecule has 124 valence electrons. The molecule has 1 unspecified atom stereocenters. The van der Waals surface area contributed by atoms with Crippen LogP contribution in [0.2, 0.25) is 0 Å². The molecule has 5 heteroatoms. The standard InChI is InChI=1S/C17H28N2O2S/c1-3-4-7-16(14-19-12-5-6-13-19)18-22(20,21)17-10-8-15(2)9-11-17/h8-11,16,18H,3-7,12-14H2,1-2H3. The Morgan fingerprint density at radius 1 is 1.18 bits per heavy atom. The second kappa shape index (κ2) is 8.09. The van der Waals surface area contributed by atoms with Gasteiger partial charge >= 0.3 is 0 Å². The Bertz CT molecular complexity index is 549. The molecule has 22 heavy (non-hydrogen) atoms. The van der Waals surface area contributed by atoms with Crippen LogP contribution in [0.3, 0.4) is 0 Å². The van der Waals surface area contributed by atoms with E-state index in [2.05, 4.69) is 16.5 Å². The van der Waals surface area contributed by atoms with E-state index in [-0.39, 0.29) is 6.04 Å². The third kappa shape index (κ3) is 5.07. The summed E-state index contributed by atoms with van der Waals surface area (Å²) in [5.41, 5.74) is 1.07. The molecule has 0 radical (unpaired) electrons. The molecule has 1 heterocycles. The number of benzene rings is 1. The van der Waals surface area contributed by atoms with E-state index in [0.717, 1.165) is 44.5 Å². The summed E-state index contributed by atoms with van der Waals surface area (Å²) < 4.78 is 28.0. The lowest BCUT2D eigenvalue weighted by Crippen LogP contribution is -2.43. The van der Waals surface area contributed by atoms with Crippen LogP contribution >= 0.6 is 0 Å². The van der Waals surface area contributed by atoms with Gasteiger partial charge in [-0.3, -0.25) is 0 Å². The highest BCUT2D eigenvalue weighted by Gasteiger charge is 2.23. The fourth-order valence-electron chi connectivity index (χ4n) is 2.92. The van der Waals surface area contributed by atoms with Crippen molar-refractivity contribution in [1.29, 1.82) is 0 Å². The summed E-state index contributed by atoms with van der Waals surface area (Å²) >= 11 is 0. The minimum Gasteiger partial charge on any atom is -0.302 e. The van der Waals surface area contributed by atoms with Gasteiger partial charge in [0.1, 0.15) is 0 Å². The summed E-state index contributed by atoms with van der Waals surface area (Å²) in [6.07, 6.45) is 5.49. The van der Waals surface area contributed by atoms with Crippen molar-refractivity contribution in [2.45, 2.75) is 56.9 Å². The molecule has 0 saturated carbocycles. The van der Waals surface area contributed by atoms with Crippen LogP contribution < -0.4 is 4.72 Å². The summed E-state index contributed by atoms with van der Waals surface area (Å²) in [6.45, 7) is 7.11. The zero-order chi connectivity index (χ0) is 16.0. The van der Waals surface area contributed by atoms with Gasteiger partial charge in [-0.2, -0.15) is 0 Å². The Morgan fingerprint density at radius 2 is 1.82 bits per heavy atom. The van der Waals surface area contributed by atoms with Crippen molar-refractivity contribution in [3.8, 4) is 0 Å². The maximum atomic E-state index is 12.6. The van der Waals surface area contributed by atoms with E-state index in [1.165, 1.54) is 12.8 Å². The van der Waals surface area contributed by atoms with E-state index in [1.54, 1.807) is 12.1 Å². The van der Waals surface area contributed by atoms with Gasteiger partial charge < -0.3 is 4.90 Å². The molecular weight excluding hydrogens is 296 g/mol. The van der Waals surface area contributed by atoms with Crippen molar-refractivity contribution in [2.24, 2.45) is 0 Å². The molecule has 1 aromatic rings. The third-order valence-electron chi connectivity index (χ3n) is 4.24. The molecule has 1 fully saturated rings. The van der Waals surface area contributed by atoms with Crippen LogP contribution in [0, 0.1) is 6.92 Å². The molecule has 0 spiro atoms. The van der Waals surface area contributed by atoms with E-state index < -0.39 is 10.0 Å². The summed E-state index contributed by atoms with van der Waals surface area (Å²) in [5, 5.41) is 0. The van der Waals surface area contributed by atoms with Crippen molar-refractivity contribution in [3.63, 3.8) is 0 Å². The number of hydrogen-bond acceptors (Lipinski definition) is 3. The number of aryl methyl sites for hydroxylation is 1. The van der Waals surface area contributed by atoms with Crippen molar-refractivity contribution < 1.29 is 8.42 Å². The lowest BCUT2D eigenvalue weighted by atomic mass is 10.1. The number of hydrogen-bond donors (Lipinski definition) is 1. The first-order valence-electron chi connectivity index (χ1n) is 8.32. The first kappa shape index (κ1) is 17.4. The molecule has 0 aromatic heterocycles. The first-order chi connectivity index (χ1) is 10.5. The highest BCUT2D eigenvalue weighted by atomic mass is 32.2. The zero-order valence-corrected chi connectivity index (χ0v) is 14.5. The highest BCUT2D eigenvalue weighted by Crippen LogP contribution is 2.15. The smallest absolute Gasteiger partial charge is 0.240 e. The van der Waals surface area contributed by atoms with Gasteiger partial charge in [0, 0.05) is 12.6 Å². The fourth-order valence-corrected chi connectivity index (χ4v) is 4.18. The van der Waals surface area contributed by atoms with Crippen molar-refractivity contribution in [1.82, 2.24) is 9.62 Å². The largest absolute Gasteiger partial charge is 0.302 e. The molecule has 0 aliphatic carbocycles. The van der Waals surface area contributed by atoms with E-state index >= 15 is 0 Å². The minimum absolute atomic E-state index is 0.00403. The molecule has 0 amide bonds. The molecule has 4 nitrogen and oxygen atoms in total. The van der Waals surface area contributed by atoms with E-state index in [9.17, 15) is 8.42 Å². The topological polar surface area (TPSA) is 49.4 Å². The molecule has 1 aliphatic rings. The Balaban J connectivity index is 2.04. The summed E-state index contributed by atoms with van der Waals surface area (Å²) in [4.78, 5) is 2.74. The van der Waals surface area contributed by atoms with Crippen LogP contribution in [0.4, 0.5) is 0 Å². The Kier molecular flexibility index (Phi) is 6.41. The lowest BCUT2D eigenvalue weighted by molar-refractivity contribution is 0.295. The fraction of sp³-hybridized carbons (Fsp3) is 0.647. The monoisotopic (exact) mass is 324 g/mol. The van der Waals surface area contributed by atoms with E-state index in [0.29, 0.717) is 4.90 Å². The molecule has 1 saturated heterocycles. The van der Waals surface area contributed by atoms with Gasteiger partial charge in [-0.15, -0.1) is 0 Å². The Hall–Kier alpha value is -0.910. The number of nitrogens with zero attached hydrogens (tertiary/aromatic N) is 1. The van der Waals surface area contributed by atoms with Crippen LogP contribution in [0.5, 0.6) is 0 Å². The van der Waals surface area contributed by atoms with Gasteiger partial charge in [0.2, 0.25) is 10.0 Å². The molecule has 1 N–H and O–H groups in total. The molecule has 0 bridgehead atoms. The molecule has 2 rings (SSSR count). The minimum atomic E-state index is -3.42. The maximum Gasteiger partial charge on any atom is 0.240 e. The van der Waals surface area contributed by atoms with Crippen LogP contribution in [0.15, 0.2) is 29.2 Å². The summed E-state index contributed by atoms with van der Waals surface area (Å²) in [6, 6.07) is 7.06. The number of sulfonamides is 1. The van der Waals surface area contributed by atoms with Crippen LogP contribution in [-0.4, -0.2) is 39.0 Å². The quantitative estimate of drug-likeness (QED) is 0.800. The SMILES string of the molecule is CCCCC(CN1CCCC1)NS(=O)(=O)c1ccc(C)cc1.